The topological polar surface area (TPSA) is 60.7 Å². The van der Waals surface area contributed by atoms with Crippen LogP contribution in [0.1, 0.15) is 16.1 Å². The smallest absolute Gasteiger partial charge is 0.356 e. The van der Waals surface area contributed by atoms with Crippen molar-refractivity contribution < 1.29 is 19.4 Å². The number of aromatic nitrogens is 1. The van der Waals surface area contributed by atoms with Crippen LogP contribution in [-0.4, -0.2) is 22.8 Å². The number of nitrogens with zero attached hydrogens (tertiary/aromatic N) is 1. The largest absolute Gasteiger partial charge is 0.497 e. The van der Waals surface area contributed by atoms with E-state index in [4.69, 9.17) is 32.7 Å². The molecule has 30 heavy (non-hydrogen) atoms. The van der Waals surface area contributed by atoms with Crippen molar-refractivity contribution >= 4 is 40.1 Å². The Kier molecular flexibility index (Phi) is 5.57. The van der Waals surface area contributed by atoms with E-state index in [2.05, 4.69) is 0 Å². The molecule has 0 aliphatic carbocycles. The number of hydrogen-bond acceptors (Lipinski definition) is 3. The minimum absolute atomic E-state index is 0.0398. The number of methoxy groups -OCH3 is 1. The van der Waals surface area contributed by atoms with Gasteiger partial charge in [-0.25, -0.2) is 4.79 Å². The summed E-state index contributed by atoms with van der Waals surface area (Å²) in [6.45, 7) is 0.336. The molecule has 7 heteroatoms. The molecule has 0 unspecified atom stereocenters. The fourth-order valence-electron chi connectivity index (χ4n) is 3.31. The summed E-state index contributed by atoms with van der Waals surface area (Å²) in [5.74, 6) is 0.303. The van der Waals surface area contributed by atoms with E-state index < -0.39 is 5.97 Å². The Hall–Kier alpha value is -3.15. The van der Waals surface area contributed by atoms with Gasteiger partial charge in [0.25, 0.3) is 0 Å². The highest BCUT2D eigenvalue weighted by molar-refractivity contribution is 6.31. The number of hydrogen-bond donors (Lipinski definition) is 1. The van der Waals surface area contributed by atoms with Crippen molar-refractivity contribution in [3.8, 4) is 17.2 Å². The van der Waals surface area contributed by atoms with E-state index in [-0.39, 0.29) is 11.4 Å². The van der Waals surface area contributed by atoms with Crippen LogP contribution in [-0.2, 0) is 6.54 Å². The van der Waals surface area contributed by atoms with Crippen LogP contribution in [0.15, 0.2) is 66.7 Å². The molecule has 1 N–H and O–H groups in total. The standard InChI is InChI=1S/C23H17Cl2NO4/c1-29-17-7-9-18(10-8-17)30-22-19-12-16(25)6-11-20(19)26(21(22)23(27)28)13-14-2-4-15(24)5-3-14/h2-12H,13H2,1H3,(H,27,28). The highest BCUT2D eigenvalue weighted by Crippen LogP contribution is 2.38. The predicted molar refractivity (Wildman–Crippen MR) is 118 cm³/mol. The first kappa shape index (κ1) is 20.1. The zero-order valence-corrected chi connectivity index (χ0v) is 17.4. The lowest BCUT2D eigenvalue weighted by Crippen LogP contribution is -2.10. The summed E-state index contributed by atoms with van der Waals surface area (Å²) >= 11 is 12.2. The molecule has 0 spiro atoms. The quantitative estimate of drug-likeness (QED) is 0.371. The number of ether oxygens (including phenoxy) is 2. The fraction of sp³-hybridized carbons (Fsp3) is 0.0870. The third kappa shape index (κ3) is 3.95. The minimum Gasteiger partial charge on any atom is -0.497 e. The van der Waals surface area contributed by atoms with Crippen molar-refractivity contribution in [2.24, 2.45) is 0 Å². The Morgan fingerprint density at radius 1 is 0.933 bits per heavy atom. The molecule has 0 aliphatic heterocycles. The molecule has 0 aliphatic rings. The van der Waals surface area contributed by atoms with Crippen LogP contribution in [0.3, 0.4) is 0 Å². The van der Waals surface area contributed by atoms with E-state index in [1.165, 1.54) is 0 Å². The third-order valence-electron chi connectivity index (χ3n) is 4.71. The van der Waals surface area contributed by atoms with Gasteiger partial charge >= 0.3 is 5.97 Å². The molecule has 4 aromatic rings. The Morgan fingerprint density at radius 2 is 1.57 bits per heavy atom. The number of benzene rings is 3. The molecule has 5 nitrogen and oxygen atoms in total. The Morgan fingerprint density at radius 3 is 2.20 bits per heavy atom. The molecule has 0 fully saturated rings. The molecule has 0 amide bonds. The maximum Gasteiger partial charge on any atom is 0.356 e. The normalized spacial score (nSPS) is 10.9. The number of carboxylic acids is 1. The second-order valence-corrected chi connectivity index (χ2v) is 7.51. The minimum atomic E-state index is -1.10. The van der Waals surface area contributed by atoms with Gasteiger partial charge in [0.15, 0.2) is 11.4 Å². The lowest BCUT2D eigenvalue weighted by molar-refractivity contribution is 0.0683. The lowest BCUT2D eigenvalue weighted by atomic mass is 10.2. The van der Waals surface area contributed by atoms with Gasteiger partial charge in [0.05, 0.1) is 12.6 Å². The van der Waals surface area contributed by atoms with E-state index in [9.17, 15) is 9.90 Å². The number of halogens is 2. The van der Waals surface area contributed by atoms with Gasteiger partial charge < -0.3 is 19.1 Å². The van der Waals surface area contributed by atoms with Crippen molar-refractivity contribution in [1.82, 2.24) is 4.57 Å². The van der Waals surface area contributed by atoms with Crippen LogP contribution in [0.2, 0.25) is 10.0 Å². The molecule has 0 bridgehead atoms. The van der Waals surface area contributed by atoms with E-state index in [1.807, 2.05) is 12.1 Å². The van der Waals surface area contributed by atoms with Gasteiger partial charge in [0.2, 0.25) is 0 Å². The molecule has 4 rings (SSSR count). The van der Waals surface area contributed by atoms with Crippen LogP contribution in [0.4, 0.5) is 0 Å². The van der Waals surface area contributed by atoms with Gasteiger partial charge in [-0.2, -0.15) is 0 Å². The molecule has 152 valence electrons. The molecular formula is C23H17Cl2NO4. The Bertz CT molecular complexity index is 1210. The van der Waals surface area contributed by atoms with Gasteiger partial charge in [-0.15, -0.1) is 0 Å². The summed E-state index contributed by atoms with van der Waals surface area (Å²) in [5, 5.41) is 11.7. The van der Waals surface area contributed by atoms with Crippen molar-refractivity contribution in [3.63, 3.8) is 0 Å². The van der Waals surface area contributed by atoms with Crippen molar-refractivity contribution in [2.45, 2.75) is 6.54 Å². The van der Waals surface area contributed by atoms with Crippen molar-refractivity contribution in [1.29, 1.82) is 0 Å². The number of carbonyl (C=O) groups is 1. The highest BCUT2D eigenvalue weighted by atomic mass is 35.5. The lowest BCUT2D eigenvalue weighted by Gasteiger charge is -2.10. The maximum atomic E-state index is 12.3. The van der Waals surface area contributed by atoms with Gasteiger partial charge in [0.1, 0.15) is 11.5 Å². The van der Waals surface area contributed by atoms with E-state index >= 15 is 0 Å². The zero-order chi connectivity index (χ0) is 21.3. The highest BCUT2D eigenvalue weighted by Gasteiger charge is 2.25. The first-order chi connectivity index (χ1) is 14.5. The average Bonchev–Trinajstić information content (AvgIpc) is 3.03. The molecule has 0 atom stereocenters. The van der Waals surface area contributed by atoms with Crippen LogP contribution >= 0.6 is 23.2 Å². The van der Waals surface area contributed by atoms with Crippen LogP contribution in [0, 0.1) is 0 Å². The molecule has 0 saturated heterocycles. The molecule has 0 saturated carbocycles. The Balaban J connectivity index is 1.87. The summed E-state index contributed by atoms with van der Waals surface area (Å²) in [7, 11) is 1.57. The first-order valence-corrected chi connectivity index (χ1v) is 9.83. The average molecular weight is 442 g/mol. The van der Waals surface area contributed by atoms with Crippen LogP contribution < -0.4 is 9.47 Å². The van der Waals surface area contributed by atoms with Gasteiger partial charge in [-0.1, -0.05) is 35.3 Å². The molecule has 1 aromatic heterocycles. The van der Waals surface area contributed by atoms with Gasteiger partial charge in [-0.05, 0) is 60.2 Å². The second kappa shape index (κ2) is 8.30. The van der Waals surface area contributed by atoms with E-state index in [0.717, 1.165) is 5.56 Å². The van der Waals surface area contributed by atoms with E-state index in [1.54, 1.807) is 66.3 Å². The number of aromatic carboxylic acids is 1. The predicted octanol–water partition coefficient (Wildman–Crippen LogP) is 6.50. The number of carboxylic acid groups (broad SMARTS) is 1. The summed E-state index contributed by atoms with van der Waals surface area (Å²) in [4.78, 5) is 12.3. The molecule has 3 aromatic carbocycles. The number of rotatable bonds is 6. The van der Waals surface area contributed by atoms with Crippen LogP contribution in [0.25, 0.3) is 10.9 Å². The maximum absolute atomic E-state index is 12.3. The summed E-state index contributed by atoms with van der Waals surface area (Å²) in [6, 6.07) is 19.4. The van der Waals surface area contributed by atoms with Crippen molar-refractivity contribution in [2.75, 3.05) is 7.11 Å². The van der Waals surface area contributed by atoms with Crippen LogP contribution in [0.5, 0.6) is 17.2 Å². The first-order valence-electron chi connectivity index (χ1n) is 9.07. The summed E-state index contributed by atoms with van der Waals surface area (Å²) in [6.07, 6.45) is 0. The van der Waals surface area contributed by atoms with Gasteiger partial charge in [0, 0.05) is 22.0 Å². The summed E-state index contributed by atoms with van der Waals surface area (Å²) < 4.78 is 12.9. The van der Waals surface area contributed by atoms with Gasteiger partial charge in [-0.3, -0.25) is 0 Å². The van der Waals surface area contributed by atoms with E-state index in [0.29, 0.717) is 39.0 Å². The SMILES string of the molecule is COc1ccc(Oc2c(C(=O)O)n(Cc3ccc(Cl)cc3)c3ccc(Cl)cc23)cc1. The fourth-order valence-corrected chi connectivity index (χ4v) is 3.61. The third-order valence-corrected chi connectivity index (χ3v) is 5.20. The molecular weight excluding hydrogens is 425 g/mol. The van der Waals surface area contributed by atoms with Crippen molar-refractivity contribution in [3.05, 3.63) is 88.0 Å². The zero-order valence-electron chi connectivity index (χ0n) is 15.9. The second-order valence-electron chi connectivity index (χ2n) is 6.63. The molecule has 0 radical (unpaired) electrons. The molecule has 1 heterocycles. The Labute approximate surface area is 183 Å². The number of fused-ring (bicyclic) bond motifs is 1. The monoisotopic (exact) mass is 441 g/mol. The summed E-state index contributed by atoms with van der Waals surface area (Å²) in [5.41, 5.74) is 1.65.